The summed E-state index contributed by atoms with van der Waals surface area (Å²) in [5.41, 5.74) is 0. The van der Waals surface area contributed by atoms with Gasteiger partial charge in [-0.1, -0.05) is 0 Å². The molecule has 4 heteroatoms. The summed E-state index contributed by atoms with van der Waals surface area (Å²) in [4.78, 5) is 2.36. The topological polar surface area (TPSA) is 32.7 Å². The highest BCUT2D eigenvalue weighted by Gasteiger charge is 2.20. The van der Waals surface area contributed by atoms with Crippen LogP contribution in [-0.2, 0) is 9.73 Å². The molecule has 1 heterocycles. The number of hydrogen-bond acceptors (Lipinski definition) is 3. The molecule has 0 N–H and O–H groups in total. The molecule has 0 aliphatic carbocycles. The van der Waals surface area contributed by atoms with E-state index in [2.05, 4.69) is 23.1 Å². The van der Waals surface area contributed by atoms with E-state index in [4.69, 9.17) is 0 Å². The van der Waals surface area contributed by atoms with E-state index in [-0.39, 0.29) is 0 Å². The van der Waals surface area contributed by atoms with E-state index in [1.165, 1.54) is 0 Å². The van der Waals surface area contributed by atoms with Crippen molar-refractivity contribution in [2.45, 2.75) is 19.9 Å². The van der Waals surface area contributed by atoms with Crippen LogP contribution >= 0.6 is 0 Å². The Kier molecular flexibility index (Phi) is 3.12. The van der Waals surface area contributed by atoms with Crippen LogP contribution in [0.25, 0.3) is 0 Å². The maximum Gasteiger partial charge on any atom is 0.0490 e. The van der Waals surface area contributed by atoms with Crippen LogP contribution in [0.4, 0.5) is 0 Å². The van der Waals surface area contributed by atoms with E-state index in [9.17, 15) is 4.21 Å². The van der Waals surface area contributed by atoms with E-state index in [1.807, 2.05) is 0 Å². The molecule has 0 amide bonds. The van der Waals surface area contributed by atoms with Gasteiger partial charge < -0.3 is 0 Å². The molecule has 1 aliphatic heterocycles. The molecule has 0 aromatic rings. The fraction of sp³-hybridized carbons (Fsp3) is 1.00. The summed E-state index contributed by atoms with van der Waals surface area (Å²) < 4.78 is 15.7. The van der Waals surface area contributed by atoms with Gasteiger partial charge in [-0.3, -0.25) is 4.90 Å². The third-order valence-electron chi connectivity index (χ3n) is 2.46. The second kappa shape index (κ2) is 3.75. The molecule has 72 valence electrons. The molecule has 3 nitrogen and oxygen atoms in total. The number of rotatable bonds is 1. The summed E-state index contributed by atoms with van der Waals surface area (Å²) in [5, 5.41) is 0. The minimum Gasteiger partial charge on any atom is -0.299 e. The Bertz CT molecular complexity index is 240. The highest BCUT2D eigenvalue weighted by molar-refractivity contribution is 7.93. The molecule has 0 bridgehead atoms. The zero-order valence-electron chi connectivity index (χ0n) is 8.12. The predicted molar refractivity (Wildman–Crippen MR) is 52.9 cm³/mol. The second-order valence-electron chi connectivity index (χ2n) is 3.49. The molecule has 0 atom stereocenters. The van der Waals surface area contributed by atoms with Gasteiger partial charge in [-0.25, -0.2) is 8.57 Å². The molecular formula is C8H18N2OS. The van der Waals surface area contributed by atoms with Crippen LogP contribution in [0.15, 0.2) is 4.36 Å². The van der Waals surface area contributed by atoms with Gasteiger partial charge in [0, 0.05) is 47.4 Å². The van der Waals surface area contributed by atoms with Crippen molar-refractivity contribution in [1.29, 1.82) is 0 Å². The van der Waals surface area contributed by atoms with Crippen molar-refractivity contribution in [3.8, 4) is 0 Å². The Labute approximate surface area is 75.3 Å². The van der Waals surface area contributed by atoms with Crippen LogP contribution in [0.3, 0.4) is 0 Å². The second-order valence-corrected chi connectivity index (χ2v) is 6.22. The van der Waals surface area contributed by atoms with Crippen LogP contribution < -0.4 is 0 Å². The van der Waals surface area contributed by atoms with Crippen LogP contribution in [0, 0.1) is 0 Å². The number of nitrogens with zero attached hydrogens (tertiary/aromatic N) is 2. The van der Waals surface area contributed by atoms with Gasteiger partial charge in [-0.2, -0.15) is 0 Å². The lowest BCUT2D eigenvalue weighted by Crippen LogP contribution is -2.43. The summed E-state index contributed by atoms with van der Waals surface area (Å²) >= 11 is 0. The van der Waals surface area contributed by atoms with E-state index in [1.54, 1.807) is 7.05 Å². The minimum absolute atomic E-state index is 0.575. The van der Waals surface area contributed by atoms with Gasteiger partial charge in [0.1, 0.15) is 0 Å². The molecule has 0 saturated carbocycles. The van der Waals surface area contributed by atoms with Crippen molar-refractivity contribution >= 4 is 9.73 Å². The van der Waals surface area contributed by atoms with Crippen molar-refractivity contribution in [3.05, 3.63) is 0 Å². The third-order valence-corrected chi connectivity index (χ3v) is 4.76. The predicted octanol–water partition coefficient (Wildman–Crippen LogP) is 0.808. The van der Waals surface area contributed by atoms with Gasteiger partial charge in [0.15, 0.2) is 0 Å². The molecule has 0 radical (unpaired) electrons. The smallest absolute Gasteiger partial charge is 0.0490 e. The van der Waals surface area contributed by atoms with Gasteiger partial charge in [0.25, 0.3) is 0 Å². The van der Waals surface area contributed by atoms with Crippen molar-refractivity contribution in [2.75, 3.05) is 31.6 Å². The zero-order valence-corrected chi connectivity index (χ0v) is 8.93. The summed E-state index contributed by atoms with van der Waals surface area (Å²) in [6.07, 6.45) is 0. The zero-order chi connectivity index (χ0) is 9.19. The first-order valence-electron chi connectivity index (χ1n) is 4.42. The van der Waals surface area contributed by atoms with Gasteiger partial charge in [0.05, 0.1) is 0 Å². The van der Waals surface area contributed by atoms with Crippen LogP contribution in [0.1, 0.15) is 13.8 Å². The molecule has 1 fully saturated rings. The quantitative estimate of drug-likeness (QED) is 0.613. The maximum atomic E-state index is 11.7. The molecule has 1 aliphatic rings. The van der Waals surface area contributed by atoms with Gasteiger partial charge in [-0.15, -0.1) is 0 Å². The Hall–Kier alpha value is -0.0900. The first-order chi connectivity index (χ1) is 5.57. The monoisotopic (exact) mass is 190 g/mol. The fourth-order valence-corrected chi connectivity index (χ4v) is 3.04. The molecule has 0 unspecified atom stereocenters. The number of hydrogen-bond donors (Lipinski definition) is 0. The highest BCUT2D eigenvalue weighted by atomic mass is 32.2. The third kappa shape index (κ3) is 2.20. The standard InChI is InChI=1S/C8H18N2OS/c1-8(2)10-4-6-12(11,9-3)7-5-10/h8H,4-7H2,1-3H3. The summed E-state index contributed by atoms with van der Waals surface area (Å²) in [6.45, 7) is 6.23. The fourth-order valence-electron chi connectivity index (χ4n) is 1.43. The Balaban J connectivity index is 2.57. The molecule has 1 saturated heterocycles. The lowest BCUT2D eigenvalue weighted by Gasteiger charge is -2.31. The van der Waals surface area contributed by atoms with E-state index in [0.29, 0.717) is 6.04 Å². The van der Waals surface area contributed by atoms with Crippen molar-refractivity contribution in [3.63, 3.8) is 0 Å². The minimum atomic E-state index is -1.81. The Morgan fingerprint density at radius 2 is 1.83 bits per heavy atom. The summed E-state index contributed by atoms with van der Waals surface area (Å²) in [7, 11) is -0.137. The first kappa shape index (κ1) is 9.99. The lowest BCUT2D eigenvalue weighted by atomic mass is 10.3. The van der Waals surface area contributed by atoms with Crippen LogP contribution in [0.2, 0.25) is 0 Å². The normalized spacial score (nSPS) is 24.3. The summed E-state index contributed by atoms with van der Waals surface area (Å²) in [5.74, 6) is 1.50. The summed E-state index contributed by atoms with van der Waals surface area (Å²) in [6, 6.07) is 0.575. The van der Waals surface area contributed by atoms with Gasteiger partial charge >= 0.3 is 0 Å². The molecular weight excluding hydrogens is 172 g/mol. The SMILES string of the molecule is CN=S1(=O)CCN(C(C)C)CC1. The highest BCUT2D eigenvalue weighted by Crippen LogP contribution is 2.08. The van der Waals surface area contributed by atoms with E-state index < -0.39 is 9.73 Å². The van der Waals surface area contributed by atoms with Crippen molar-refractivity contribution in [2.24, 2.45) is 4.36 Å². The molecule has 0 spiro atoms. The molecule has 0 aromatic heterocycles. The van der Waals surface area contributed by atoms with Crippen LogP contribution in [-0.4, -0.2) is 46.8 Å². The average Bonchev–Trinajstić information content (AvgIpc) is 2.05. The molecule has 0 aromatic carbocycles. The maximum absolute atomic E-state index is 11.7. The van der Waals surface area contributed by atoms with E-state index in [0.717, 1.165) is 24.6 Å². The Morgan fingerprint density at radius 1 is 1.33 bits per heavy atom. The van der Waals surface area contributed by atoms with E-state index >= 15 is 0 Å². The average molecular weight is 190 g/mol. The Morgan fingerprint density at radius 3 is 2.17 bits per heavy atom. The van der Waals surface area contributed by atoms with Gasteiger partial charge in [-0.05, 0) is 13.8 Å². The van der Waals surface area contributed by atoms with Crippen LogP contribution in [0.5, 0.6) is 0 Å². The van der Waals surface area contributed by atoms with Crippen molar-refractivity contribution < 1.29 is 4.21 Å². The first-order valence-corrected chi connectivity index (χ1v) is 6.27. The molecule has 12 heavy (non-hydrogen) atoms. The van der Waals surface area contributed by atoms with Crippen molar-refractivity contribution in [1.82, 2.24) is 4.90 Å². The molecule has 1 rings (SSSR count). The largest absolute Gasteiger partial charge is 0.299 e. The van der Waals surface area contributed by atoms with Gasteiger partial charge in [0.2, 0.25) is 0 Å². The lowest BCUT2D eigenvalue weighted by molar-refractivity contribution is 0.242.